The lowest BCUT2D eigenvalue weighted by Crippen LogP contribution is -2.52. The van der Waals surface area contributed by atoms with Crippen molar-refractivity contribution in [2.24, 2.45) is 5.73 Å². The Morgan fingerprint density at radius 3 is 2.83 bits per heavy atom. The zero-order valence-corrected chi connectivity index (χ0v) is 7.36. The summed E-state index contributed by atoms with van der Waals surface area (Å²) in [4.78, 5) is 12.6. The molecule has 0 aromatic carbocycles. The molecule has 12 heavy (non-hydrogen) atoms. The van der Waals surface area contributed by atoms with E-state index in [1.165, 1.54) is 0 Å². The van der Waals surface area contributed by atoms with Gasteiger partial charge < -0.3 is 15.7 Å². The van der Waals surface area contributed by atoms with Crippen molar-refractivity contribution in [1.82, 2.24) is 4.90 Å². The Bertz CT molecular complexity index is 172. The minimum atomic E-state index is -0.895. The normalized spacial score (nSPS) is 28.3. The molecule has 1 fully saturated rings. The number of nitrogens with zero attached hydrogens (tertiary/aromatic N) is 1. The number of hydrogen-bond acceptors (Lipinski definition) is 3. The van der Waals surface area contributed by atoms with Crippen molar-refractivity contribution < 1.29 is 9.90 Å². The van der Waals surface area contributed by atoms with Gasteiger partial charge in [-0.2, -0.15) is 0 Å². The highest BCUT2D eigenvalue weighted by atomic mass is 16.4. The summed E-state index contributed by atoms with van der Waals surface area (Å²) in [6, 6.07) is -0.702. The van der Waals surface area contributed by atoms with Crippen LogP contribution in [0.2, 0.25) is 0 Å². The standard InChI is InChI=1S/C8H16N2O2/c1-10-5-3-2-4-6(10)7(9)8(11)12/h6-7H,2-5,9H2,1H3,(H,11,12)/t6-,7-/m0/s1. The predicted molar refractivity (Wildman–Crippen MR) is 45.9 cm³/mol. The van der Waals surface area contributed by atoms with Crippen LogP contribution in [0.3, 0.4) is 0 Å². The first-order chi connectivity index (χ1) is 5.63. The Kier molecular flexibility index (Phi) is 3.05. The third-order valence-electron chi connectivity index (χ3n) is 2.53. The van der Waals surface area contributed by atoms with Gasteiger partial charge in [-0.1, -0.05) is 6.42 Å². The highest BCUT2D eigenvalue weighted by Gasteiger charge is 2.29. The van der Waals surface area contributed by atoms with Crippen molar-refractivity contribution in [1.29, 1.82) is 0 Å². The summed E-state index contributed by atoms with van der Waals surface area (Å²) in [5.74, 6) is -0.895. The van der Waals surface area contributed by atoms with Crippen molar-refractivity contribution in [2.45, 2.75) is 31.3 Å². The fourth-order valence-electron chi connectivity index (χ4n) is 1.72. The molecule has 1 aliphatic heterocycles. The van der Waals surface area contributed by atoms with Crippen LogP contribution < -0.4 is 5.73 Å². The molecule has 0 radical (unpaired) electrons. The molecule has 1 heterocycles. The fraction of sp³-hybridized carbons (Fsp3) is 0.875. The first kappa shape index (κ1) is 9.48. The van der Waals surface area contributed by atoms with Crippen LogP contribution in [0.15, 0.2) is 0 Å². The average molecular weight is 172 g/mol. The van der Waals surface area contributed by atoms with Crippen LogP contribution in [0.1, 0.15) is 19.3 Å². The SMILES string of the molecule is CN1CCCC[C@H]1[C@H](N)C(=O)O. The smallest absolute Gasteiger partial charge is 0.322 e. The van der Waals surface area contributed by atoms with Crippen molar-refractivity contribution in [3.05, 3.63) is 0 Å². The van der Waals surface area contributed by atoms with Gasteiger partial charge in [-0.15, -0.1) is 0 Å². The maximum absolute atomic E-state index is 10.6. The van der Waals surface area contributed by atoms with Crippen LogP contribution in [-0.4, -0.2) is 41.7 Å². The second-order valence-corrected chi connectivity index (χ2v) is 3.41. The number of carbonyl (C=O) groups is 1. The molecular weight excluding hydrogens is 156 g/mol. The second kappa shape index (κ2) is 3.87. The number of nitrogens with two attached hydrogens (primary N) is 1. The lowest BCUT2D eigenvalue weighted by Gasteiger charge is -2.34. The number of likely N-dealkylation sites (tertiary alicyclic amines) is 1. The van der Waals surface area contributed by atoms with Gasteiger partial charge in [0, 0.05) is 6.04 Å². The Morgan fingerprint density at radius 2 is 2.33 bits per heavy atom. The first-order valence-electron chi connectivity index (χ1n) is 4.31. The molecule has 0 aromatic rings. The number of carboxylic acid groups (broad SMARTS) is 1. The number of rotatable bonds is 2. The summed E-state index contributed by atoms with van der Waals surface area (Å²) in [5.41, 5.74) is 5.54. The van der Waals surface area contributed by atoms with E-state index in [-0.39, 0.29) is 6.04 Å². The quantitative estimate of drug-likeness (QED) is 0.609. The van der Waals surface area contributed by atoms with E-state index in [1.807, 2.05) is 11.9 Å². The molecular formula is C8H16N2O2. The fourth-order valence-corrected chi connectivity index (χ4v) is 1.72. The lowest BCUT2D eigenvalue weighted by atomic mass is 9.97. The third kappa shape index (κ3) is 1.95. The van der Waals surface area contributed by atoms with Crippen molar-refractivity contribution >= 4 is 5.97 Å². The molecule has 4 heteroatoms. The zero-order valence-electron chi connectivity index (χ0n) is 7.36. The first-order valence-corrected chi connectivity index (χ1v) is 4.31. The summed E-state index contributed by atoms with van der Waals surface area (Å²) < 4.78 is 0. The topological polar surface area (TPSA) is 66.6 Å². The van der Waals surface area contributed by atoms with Gasteiger partial charge in [0.15, 0.2) is 0 Å². The highest BCUT2D eigenvalue weighted by Crippen LogP contribution is 2.16. The number of hydrogen-bond donors (Lipinski definition) is 2. The van der Waals surface area contributed by atoms with Gasteiger partial charge in [-0.25, -0.2) is 0 Å². The Labute approximate surface area is 72.3 Å². The van der Waals surface area contributed by atoms with Gasteiger partial charge in [0.25, 0.3) is 0 Å². The van der Waals surface area contributed by atoms with E-state index in [9.17, 15) is 4.79 Å². The average Bonchev–Trinajstić information content (AvgIpc) is 2.04. The van der Waals surface area contributed by atoms with Crippen molar-refractivity contribution in [3.8, 4) is 0 Å². The van der Waals surface area contributed by atoms with Crippen molar-refractivity contribution in [3.63, 3.8) is 0 Å². The summed E-state index contributed by atoms with van der Waals surface area (Å²) in [5, 5.41) is 8.70. The molecule has 0 spiro atoms. The Morgan fingerprint density at radius 1 is 1.67 bits per heavy atom. The summed E-state index contributed by atoms with van der Waals surface area (Å²) in [6.07, 6.45) is 3.15. The van der Waals surface area contributed by atoms with Gasteiger partial charge in [-0.3, -0.25) is 4.79 Å². The minimum Gasteiger partial charge on any atom is -0.480 e. The molecule has 0 unspecified atom stereocenters. The minimum absolute atomic E-state index is 0.0243. The highest BCUT2D eigenvalue weighted by molar-refractivity contribution is 5.74. The summed E-state index contributed by atoms with van der Waals surface area (Å²) in [7, 11) is 1.94. The van der Waals surface area contributed by atoms with Crippen LogP contribution in [0.25, 0.3) is 0 Å². The number of aliphatic carboxylic acids is 1. The number of likely N-dealkylation sites (N-methyl/N-ethyl adjacent to an activating group) is 1. The predicted octanol–water partition coefficient (Wildman–Crippen LogP) is -0.117. The van der Waals surface area contributed by atoms with E-state index < -0.39 is 12.0 Å². The molecule has 70 valence electrons. The maximum Gasteiger partial charge on any atom is 0.322 e. The van der Waals surface area contributed by atoms with E-state index in [4.69, 9.17) is 10.8 Å². The van der Waals surface area contributed by atoms with Crippen LogP contribution >= 0.6 is 0 Å². The van der Waals surface area contributed by atoms with E-state index in [1.54, 1.807) is 0 Å². The number of carboxylic acids is 1. The van der Waals surface area contributed by atoms with Gasteiger partial charge in [0.2, 0.25) is 0 Å². The van der Waals surface area contributed by atoms with E-state index >= 15 is 0 Å². The van der Waals surface area contributed by atoms with E-state index in [0.717, 1.165) is 25.8 Å². The van der Waals surface area contributed by atoms with E-state index in [2.05, 4.69) is 0 Å². The molecule has 1 rings (SSSR count). The number of piperidine rings is 1. The second-order valence-electron chi connectivity index (χ2n) is 3.41. The molecule has 0 bridgehead atoms. The summed E-state index contributed by atoms with van der Waals surface area (Å²) >= 11 is 0. The van der Waals surface area contributed by atoms with Gasteiger partial charge in [0.05, 0.1) is 0 Å². The van der Waals surface area contributed by atoms with Crippen molar-refractivity contribution in [2.75, 3.05) is 13.6 Å². The summed E-state index contributed by atoms with van der Waals surface area (Å²) in [6.45, 7) is 0.964. The van der Waals surface area contributed by atoms with Gasteiger partial charge in [0.1, 0.15) is 6.04 Å². The Hall–Kier alpha value is -0.610. The molecule has 0 aromatic heterocycles. The van der Waals surface area contributed by atoms with Crippen LogP contribution in [0, 0.1) is 0 Å². The molecule has 0 aliphatic carbocycles. The zero-order chi connectivity index (χ0) is 9.14. The molecule has 1 aliphatic rings. The monoisotopic (exact) mass is 172 g/mol. The largest absolute Gasteiger partial charge is 0.480 e. The molecule has 3 N–H and O–H groups in total. The van der Waals surface area contributed by atoms with Gasteiger partial charge in [-0.05, 0) is 26.4 Å². The third-order valence-corrected chi connectivity index (χ3v) is 2.53. The lowest BCUT2D eigenvalue weighted by molar-refractivity contribution is -0.140. The van der Waals surface area contributed by atoms with Gasteiger partial charge >= 0.3 is 5.97 Å². The van der Waals surface area contributed by atoms with Crippen LogP contribution in [0.4, 0.5) is 0 Å². The maximum atomic E-state index is 10.6. The van der Waals surface area contributed by atoms with Crippen LogP contribution in [0.5, 0.6) is 0 Å². The Balaban J connectivity index is 2.53. The molecule has 0 saturated carbocycles. The molecule has 2 atom stereocenters. The van der Waals surface area contributed by atoms with E-state index in [0.29, 0.717) is 0 Å². The molecule has 4 nitrogen and oxygen atoms in total. The molecule has 1 saturated heterocycles. The van der Waals surface area contributed by atoms with Crippen LogP contribution in [-0.2, 0) is 4.79 Å². The molecule has 0 amide bonds.